The van der Waals surface area contributed by atoms with Crippen LogP contribution in [0.3, 0.4) is 0 Å². The van der Waals surface area contributed by atoms with Crippen molar-refractivity contribution in [3.05, 3.63) is 0 Å². The summed E-state index contributed by atoms with van der Waals surface area (Å²) in [6, 6.07) is 2.06. The molecule has 7 heteroatoms. The van der Waals surface area contributed by atoms with Crippen LogP contribution in [0, 0.1) is 11.3 Å². The topological polar surface area (TPSA) is 77.7 Å². The zero-order chi connectivity index (χ0) is 13.8. The first-order valence-electron chi connectivity index (χ1n) is 5.53. The van der Waals surface area contributed by atoms with Gasteiger partial charge in [0.15, 0.2) is 5.16 Å². The van der Waals surface area contributed by atoms with E-state index in [-0.39, 0.29) is 5.54 Å². The fourth-order valence-corrected chi connectivity index (χ4v) is 1.59. The lowest BCUT2D eigenvalue weighted by Crippen LogP contribution is -2.28. The molecule has 18 heavy (non-hydrogen) atoms. The third kappa shape index (κ3) is 4.75. The average Bonchev–Trinajstić information content (AvgIpc) is 2.23. The highest BCUT2D eigenvalue weighted by Gasteiger charge is 2.14. The number of rotatable bonds is 4. The van der Waals surface area contributed by atoms with Gasteiger partial charge >= 0.3 is 0 Å². The number of anilines is 2. The third-order valence-electron chi connectivity index (χ3n) is 1.76. The molecule has 0 aliphatic heterocycles. The molecule has 0 fully saturated rings. The Morgan fingerprint density at radius 2 is 1.94 bits per heavy atom. The largest absolute Gasteiger partial charge is 0.349 e. The number of nitrogens with zero attached hydrogens (tertiary/aromatic N) is 5. The summed E-state index contributed by atoms with van der Waals surface area (Å²) in [6.07, 6.45) is 0. The van der Waals surface area contributed by atoms with Gasteiger partial charge in [-0.15, -0.1) is 0 Å². The van der Waals surface area contributed by atoms with Crippen molar-refractivity contribution in [1.82, 2.24) is 15.0 Å². The maximum atomic E-state index is 8.59. The maximum absolute atomic E-state index is 8.59. The Morgan fingerprint density at radius 3 is 2.44 bits per heavy atom. The molecule has 0 aliphatic rings. The van der Waals surface area contributed by atoms with Crippen LogP contribution in [0.4, 0.5) is 11.9 Å². The molecule has 0 amide bonds. The van der Waals surface area contributed by atoms with Gasteiger partial charge in [-0.25, -0.2) is 0 Å². The van der Waals surface area contributed by atoms with Gasteiger partial charge in [0.25, 0.3) is 0 Å². The predicted molar refractivity (Wildman–Crippen MR) is 73.9 cm³/mol. The molecule has 0 aliphatic carbocycles. The van der Waals surface area contributed by atoms with Gasteiger partial charge in [-0.3, -0.25) is 0 Å². The molecule has 1 rings (SSSR count). The predicted octanol–water partition coefficient (Wildman–Crippen LogP) is 1.76. The summed E-state index contributed by atoms with van der Waals surface area (Å²) in [5, 5.41) is 12.4. The van der Waals surface area contributed by atoms with E-state index in [4.69, 9.17) is 5.26 Å². The van der Waals surface area contributed by atoms with E-state index in [2.05, 4.69) is 26.3 Å². The molecule has 98 valence electrons. The van der Waals surface area contributed by atoms with Crippen molar-refractivity contribution >= 4 is 23.7 Å². The normalized spacial score (nSPS) is 10.9. The molecular formula is C11H18N6S. The number of aromatic nitrogens is 3. The summed E-state index contributed by atoms with van der Waals surface area (Å²) in [6.45, 7) is 6.11. The van der Waals surface area contributed by atoms with Gasteiger partial charge < -0.3 is 10.2 Å². The highest BCUT2D eigenvalue weighted by atomic mass is 32.2. The van der Waals surface area contributed by atoms with Crippen molar-refractivity contribution in [3.63, 3.8) is 0 Å². The van der Waals surface area contributed by atoms with Crippen molar-refractivity contribution in [2.24, 2.45) is 0 Å². The van der Waals surface area contributed by atoms with Crippen LogP contribution in [0.5, 0.6) is 0 Å². The maximum Gasteiger partial charge on any atom is 0.230 e. The summed E-state index contributed by atoms with van der Waals surface area (Å²) >= 11 is 1.30. The Balaban J connectivity index is 3.02. The van der Waals surface area contributed by atoms with Gasteiger partial charge in [0.2, 0.25) is 11.9 Å². The summed E-state index contributed by atoms with van der Waals surface area (Å²) in [7, 11) is 3.74. The van der Waals surface area contributed by atoms with E-state index in [1.807, 2.05) is 39.8 Å². The summed E-state index contributed by atoms with van der Waals surface area (Å²) in [4.78, 5) is 14.7. The van der Waals surface area contributed by atoms with E-state index in [1.54, 1.807) is 0 Å². The van der Waals surface area contributed by atoms with E-state index in [0.29, 0.717) is 22.8 Å². The molecule has 0 spiro atoms. The van der Waals surface area contributed by atoms with Gasteiger partial charge in [0.05, 0.1) is 11.8 Å². The Hall–Kier alpha value is -1.55. The van der Waals surface area contributed by atoms with Gasteiger partial charge in [-0.2, -0.15) is 20.2 Å². The molecule has 0 saturated heterocycles. The fraction of sp³-hybridized carbons (Fsp3) is 0.636. The molecule has 1 aromatic rings. The van der Waals surface area contributed by atoms with Crippen molar-refractivity contribution in [2.45, 2.75) is 31.5 Å². The van der Waals surface area contributed by atoms with Gasteiger partial charge in [0, 0.05) is 19.6 Å². The lowest BCUT2D eigenvalue weighted by molar-refractivity contribution is 0.622. The van der Waals surface area contributed by atoms with Crippen LogP contribution in [0.1, 0.15) is 20.8 Å². The molecule has 1 N–H and O–H groups in total. The monoisotopic (exact) mass is 266 g/mol. The van der Waals surface area contributed by atoms with Gasteiger partial charge in [-0.1, -0.05) is 11.8 Å². The molecule has 0 radical (unpaired) electrons. The first-order valence-corrected chi connectivity index (χ1v) is 6.52. The Kier molecular flexibility index (Phi) is 4.73. The van der Waals surface area contributed by atoms with Crippen LogP contribution < -0.4 is 10.2 Å². The van der Waals surface area contributed by atoms with Crippen molar-refractivity contribution in [3.8, 4) is 6.07 Å². The molecule has 0 unspecified atom stereocenters. The Morgan fingerprint density at radius 1 is 1.28 bits per heavy atom. The van der Waals surface area contributed by atoms with E-state index in [9.17, 15) is 0 Å². The minimum absolute atomic E-state index is 0.123. The fourth-order valence-electron chi connectivity index (χ4n) is 1.10. The van der Waals surface area contributed by atoms with Crippen molar-refractivity contribution in [1.29, 1.82) is 5.26 Å². The molecule has 0 aromatic carbocycles. The van der Waals surface area contributed by atoms with Gasteiger partial charge in [-0.05, 0) is 20.8 Å². The molecule has 1 heterocycles. The zero-order valence-corrected chi connectivity index (χ0v) is 12.2. The number of thioether (sulfide) groups is 1. The molecule has 0 atom stereocenters. The first kappa shape index (κ1) is 14.5. The number of hydrogen-bond donors (Lipinski definition) is 1. The van der Waals surface area contributed by atoms with Crippen molar-refractivity contribution < 1.29 is 0 Å². The van der Waals surface area contributed by atoms with E-state index in [0.717, 1.165) is 0 Å². The van der Waals surface area contributed by atoms with Crippen LogP contribution >= 0.6 is 11.8 Å². The second-order valence-electron chi connectivity index (χ2n) is 4.96. The summed E-state index contributed by atoms with van der Waals surface area (Å²) < 4.78 is 0. The highest BCUT2D eigenvalue weighted by Crippen LogP contribution is 2.19. The Bertz CT molecular complexity index is 446. The van der Waals surface area contributed by atoms with Crippen LogP contribution in [0.15, 0.2) is 5.16 Å². The van der Waals surface area contributed by atoms with E-state index in [1.165, 1.54) is 11.8 Å². The minimum atomic E-state index is -0.123. The van der Waals surface area contributed by atoms with E-state index < -0.39 is 0 Å². The highest BCUT2D eigenvalue weighted by molar-refractivity contribution is 7.99. The quantitative estimate of drug-likeness (QED) is 0.832. The van der Waals surface area contributed by atoms with Crippen LogP contribution in [-0.4, -0.2) is 40.3 Å². The van der Waals surface area contributed by atoms with Crippen molar-refractivity contribution in [2.75, 3.05) is 30.1 Å². The van der Waals surface area contributed by atoms with Crippen LogP contribution in [-0.2, 0) is 0 Å². The lowest BCUT2D eigenvalue weighted by Gasteiger charge is -2.21. The van der Waals surface area contributed by atoms with Crippen LogP contribution in [0.2, 0.25) is 0 Å². The molecule has 6 nitrogen and oxygen atoms in total. The minimum Gasteiger partial charge on any atom is -0.349 e. The molecule has 1 aromatic heterocycles. The standard InChI is InChI=1S/C11H18N6S/c1-11(2,3)16-8-13-9(17(4)5)15-10(14-8)18-7-6-12/h7H2,1-5H3,(H,13,14,15,16). The van der Waals surface area contributed by atoms with Gasteiger partial charge in [0.1, 0.15) is 0 Å². The van der Waals surface area contributed by atoms with Crippen LogP contribution in [0.25, 0.3) is 0 Å². The first-order chi connectivity index (χ1) is 8.31. The smallest absolute Gasteiger partial charge is 0.230 e. The number of hydrogen-bond acceptors (Lipinski definition) is 7. The SMILES string of the molecule is CN(C)c1nc(NC(C)(C)C)nc(SCC#N)n1. The summed E-state index contributed by atoms with van der Waals surface area (Å²) in [5.41, 5.74) is -0.123. The molecule has 0 saturated carbocycles. The molecule has 0 bridgehead atoms. The second-order valence-corrected chi connectivity index (χ2v) is 5.90. The second kappa shape index (κ2) is 5.87. The molecular weight excluding hydrogens is 248 g/mol. The summed E-state index contributed by atoms with van der Waals surface area (Å²) in [5.74, 6) is 1.44. The average molecular weight is 266 g/mol. The number of nitriles is 1. The Labute approximate surface area is 112 Å². The number of nitrogens with one attached hydrogen (secondary N) is 1. The third-order valence-corrected chi connectivity index (χ3v) is 2.47. The van der Waals surface area contributed by atoms with E-state index >= 15 is 0 Å². The zero-order valence-electron chi connectivity index (χ0n) is 11.4. The lowest BCUT2D eigenvalue weighted by atomic mass is 10.1.